The molecule has 0 aliphatic carbocycles. The maximum atomic E-state index is 12.0. The van der Waals surface area contributed by atoms with Crippen molar-refractivity contribution in [3.05, 3.63) is 34.9 Å². The van der Waals surface area contributed by atoms with Crippen molar-refractivity contribution < 1.29 is 4.79 Å². The van der Waals surface area contributed by atoms with Gasteiger partial charge in [-0.1, -0.05) is 53.5 Å². The fourth-order valence-electron chi connectivity index (χ4n) is 1.64. The molecular formula is C13H17BrClNO. The number of rotatable bonds is 5. The van der Waals surface area contributed by atoms with Gasteiger partial charge in [-0.3, -0.25) is 4.79 Å². The smallest absolute Gasteiger partial charge is 0.253 e. The third kappa shape index (κ3) is 4.68. The molecule has 0 radical (unpaired) electrons. The lowest BCUT2D eigenvalue weighted by atomic mass is 10.0. The highest BCUT2D eigenvalue weighted by molar-refractivity contribution is 9.09. The molecule has 1 aromatic carbocycles. The number of carbonyl (C=O) groups is 1. The fraction of sp³-hybridized carbons (Fsp3) is 0.462. The lowest BCUT2D eigenvalue weighted by molar-refractivity contribution is 0.0937. The van der Waals surface area contributed by atoms with Gasteiger partial charge in [0.1, 0.15) is 0 Å². The van der Waals surface area contributed by atoms with Crippen LogP contribution in [-0.2, 0) is 0 Å². The van der Waals surface area contributed by atoms with Gasteiger partial charge in [-0.25, -0.2) is 0 Å². The summed E-state index contributed by atoms with van der Waals surface area (Å²) in [5.74, 6) is 0.435. The van der Waals surface area contributed by atoms with Gasteiger partial charge in [0.25, 0.3) is 5.91 Å². The number of nitrogens with one attached hydrogen (secondary N) is 1. The maximum Gasteiger partial charge on any atom is 0.253 e. The molecule has 1 aromatic rings. The van der Waals surface area contributed by atoms with E-state index in [2.05, 4.69) is 35.1 Å². The first-order valence-corrected chi connectivity index (χ1v) is 7.16. The normalized spacial score (nSPS) is 12.5. The van der Waals surface area contributed by atoms with Crippen LogP contribution in [0.4, 0.5) is 0 Å². The molecule has 0 saturated heterocycles. The van der Waals surface area contributed by atoms with Crippen molar-refractivity contribution in [2.75, 3.05) is 5.33 Å². The molecule has 1 unspecified atom stereocenters. The number of benzene rings is 1. The first kappa shape index (κ1) is 14.5. The Morgan fingerprint density at radius 2 is 2.06 bits per heavy atom. The average molecular weight is 319 g/mol. The Morgan fingerprint density at radius 1 is 1.41 bits per heavy atom. The third-order valence-electron chi connectivity index (χ3n) is 2.40. The van der Waals surface area contributed by atoms with Crippen LogP contribution in [0.1, 0.15) is 30.6 Å². The number of alkyl halides is 1. The van der Waals surface area contributed by atoms with Crippen molar-refractivity contribution in [3.8, 4) is 0 Å². The van der Waals surface area contributed by atoms with Gasteiger partial charge in [0.2, 0.25) is 0 Å². The fourth-order valence-corrected chi connectivity index (χ4v) is 2.29. The summed E-state index contributed by atoms with van der Waals surface area (Å²) in [4.78, 5) is 12.0. The second kappa shape index (κ2) is 7.02. The zero-order chi connectivity index (χ0) is 12.8. The minimum absolute atomic E-state index is 0.110. The van der Waals surface area contributed by atoms with Crippen LogP contribution in [0.2, 0.25) is 5.02 Å². The van der Waals surface area contributed by atoms with Crippen molar-refractivity contribution in [2.24, 2.45) is 5.92 Å². The van der Waals surface area contributed by atoms with Gasteiger partial charge in [0.15, 0.2) is 0 Å². The minimum atomic E-state index is -0.110. The van der Waals surface area contributed by atoms with Crippen LogP contribution < -0.4 is 5.32 Å². The molecule has 0 aliphatic rings. The Morgan fingerprint density at radius 3 is 2.59 bits per heavy atom. The number of hydrogen-bond acceptors (Lipinski definition) is 1. The zero-order valence-electron chi connectivity index (χ0n) is 10.0. The van der Waals surface area contributed by atoms with E-state index in [4.69, 9.17) is 11.6 Å². The summed E-state index contributed by atoms with van der Waals surface area (Å²) in [5, 5.41) is 4.23. The molecule has 1 N–H and O–H groups in total. The quantitative estimate of drug-likeness (QED) is 0.820. The average Bonchev–Trinajstić information content (AvgIpc) is 2.27. The first-order chi connectivity index (χ1) is 8.04. The largest absolute Gasteiger partial charge is 0.348 e. The van der Waals surface area contributed by atoms with Crippen molar-refractivity contribution in [3.63, 3.8) is 0 Å². The van der Waals surface area contributed by atoms with E-state index in [0.717, 1.165) is 11.8 Å². The van der Waals surface area contributed by atoms with Crippen molar-refractivity contribution in [2.45, 2.75) is 26.3 Å². The Balaban J connectivity index is 2.68. The molecule has 94 valence electrons. The summed E-state index contributed by atoms with van der Waals surface area (Å²) in [6, 6.07) is 7.22. The summed E-state index contributed by atoms with van der Waals surface area (Å²) in [5.41, 5.74) is 0.531. The van der Waals surface area contributed by atoms with E-state index in [1.54, 1.807) is 12.1 Å². The van der Waals surface area contributed by atoms with Gasteiger partial charge in [0, 0.05) is 11.4 Å². The molecule has 0 aromatic heterocycles. The Bertz CT molecular complexity index is 381. The molecule has 1 atom stereocenters. The van der Waals surface area contributed by atoms with Gasteiger partial charge < -0.3 is 5.32 Å². The highest BCUT2D eigenvalue weighted by Crippen LogP contribution is 2.15. The van der Waals surface area contributed by atoms with Gasteiger partial charge in [-0.2, -0.15) is 0 Å². The van der Waals surface area contributed by atoms with Crippen LogP contribution in [0.25, 0.3) is 0 Å². The minimum Gasteiger partial charge on any atom is -0.348 e. The molecule has 0 aliphatic heterocycles. The molecular weight excluding hydrogens is 302 g/mol. The number of amides is 1. The molecule has 0 saturated carbocycles. The monoisotopic (exact) mass is 317 g/mol. The number of carbonyl (C=O) groups excluding carboxylic acids is 1. The lowest BCUT2D eigenvalue weighted by Gasteiger charge is -2.18. The van der Waals surface area contributed by atoms with Gasteiger partial charge >= 0.3 is 0 Å². The van der Waals surface area contributed by atoms with Crippen molar-refractivity contribution in [1.29, 1.82) is 0 Å². The zero-order valence-corrected chi connectivity index (χ0v) is 12.4. The molecule has 1 rings (SSSR count). The van der Waals surface area contributed by atoms with Gasteiger partial charge in [0.05, 0.1) is 10.6 Å². The van der Waals surface area contributed by atoms with E-state index in [1.165, 1.54) is 0 Å². The van der Waals surface area contributed by atoms with Crippen LogP contribution in [0, 0.1) is 5.92 Å². The highest BCUT2D eigenvalue weighted by atomic mass is 79.9. The topological polar surface area (TPSA) is 29.1 Å². The number of halogens is 2. The molecule has 4 heteroatoms. The maximum absolute atomic E-state index is 12.0. The van der Waals surface area contributed by atoms with Gasteiger partial charge in [-0.05, 0) is 24.5 Å². The van der Waals surface area contributed by atoms with Crippen LogP contribution in [0.3, 0.4) is 0 Å². The molecule has 0 bridgehead atoms. The van der Waals surface area contributed by atoms with Gasteiger partial charge in [-0.15, -0.1) is 0 Å². The summed E-state index contributed by atoms with van der Waals surface area (Å²) in [6.07, 6.45) is 0.946. The van der Waals surface area contributed by atoms with Crippen molar-refractivity contribution >= 4 is 33.4 Å². The summed E-state index contributed by atoms with van der Waals surface area (Å²) in [7, 11) is 0. The predicted octanol–water partition coefficient (Wildman–Crippen LogP) is 3.88. The predicted molar refractivity (Wildman–Crippen MR) is 76.0 cm³/mol. The second-order valence-electron chi connectivity index (χ2n) is 4.43. The Hall–Kier alpha value is -0.540. The van der Waals surface area contributed by atoms with E-state index >= 15 is 0 Å². The Labute approximate surface area is 116 Å². The summed E-state index contributed by atoms with van der Waals surface area (Å²) in [6.45, 7) is 4.27. The second-order valence-corrected chi connectivity index (χ2v) is 5.49. The van der Waals surface area contributed by atoms with Crippen LogP contribution in [-0.4, -0.2) is 17.3 Å². The molecule has 1 amide bonds. The van der Waals surface area contributed by atoms with Crippen LogP contribution in [0.15, 0.2) is 24.3 Å². The van der Waals surface area contributed by atoms with Crippen LogP contribution in [0.5, 0.6) is 0 Å². The lowest BCUT2D eigenvalue weighted by Crippen LogP contribution is -2.37. The first-order valence-electron chi connectivity index (χ1n) is 5.66. The van der Waals surface area contributed by atoms with E-state index in [9.17, 15) is 4.79 Å². The van der Waals surface area contributed by atoms with Crippen molar-refractivity contribution in [1.82, 2.24) is 5.32 Å². The van der Waals surface area contributed by atoms with E-state index in [-0.39, 0.29) is 11.9 Å². The number of hydrogen-bond donors (Lipinski definition) is 1. The van der Waals surface area contributed by atoms with E-state index in [1.807, 2.05) is 12.1 Å². The summed E-state index contributed by atoms with van der Waals surface area (Å²) >= 11 is 9.40. The Kier molecular flexibility index (Phi) is 6.00. The van der Waals surface area contributed by atoms with E-state index < -0.39 is 0 Å². The molecule has 2 nitrogen and oxygen atoms in total. The molecule has 0 fully saturated rings. The third-order valence-corrected chi connectivity index (χ3v) is 3.51. The molecule has 0 spiro atoms. The molecule has 17 heavy (non-hydrogen) atoms. The highest BCUT2D eigenvalue weighted by Gasteiger charge is 2.15. The molecule has 0 heterocycles. The SMILES string of the molecule is CC(C)CC(CBr)NC(=O)c1ccccc1Cl. The standard InChI is InChI=1S/C13H17BrClNO/c1-9(2)7-10(8-14)16-13(17)11-5-3-4-6-12(11)15/h3-6,9-10H,7-8H2,1-2H3,(H,16,17). The van der Waals surface area contributed by atoms with Crippen LogP contribution >= 0.6 is 27.5 Å². The summed E-state index contributed by atoms with van der Waals surface area (Å²) < 4.78 is 0. The van der Waals surface area contributed by atoms with E-state index in [0.29, 0.717) is 16.5 Å².